The summed E-state index contributed by atoms with van der Waals surface area (Å²) in [6, 6.07) is 23.8. The highest BCUT2D eigenvalue weighted by Crippen LogP contribution is 2.35. The lowest BCUT2D eigenvalue weighted by molar-refractivity contribution is -0.145. The molecule has 36 heavy (non-hydrogen) atoms. The lowest BCUT2D eigenvalue weighted by atomic mass is 10.0. The van der Waals surface area contributed by atoms with Gasteiger partial charge in [0.15, 0.2) is 0 Å². The van der Waals surface area contributed by atoms with Crippen molar-refractivity contribution in [2.75, 3.05) is 0 Å². The monoisotopic (exact) mass is 514 g/mol. The van der Waals surface area contributed by atoms with E-state index in [4.69, 9.17) is 17.0 Å². The average molecular weight is 515 g/mol. The number of carboxylic acid groups (broad SMARTS) is 1. The number of amides is 1. The molecule has 2 heterocycles. The summed E-state index contributed by atoms with van der Waals surface area (Å²) in [7, 11) is 0. The zero-order valence-electron chi connectivity index (χ0n) is 19.1. The number of hydrogen-bond donors (Lipinski definition) is 2. The van der Waals surface area contributed by atoms with E-state index < -0.39 is 17.9 Å². The number of aromatic amines is 1. The van der Waals surface area contributed by atoms with Gasteiger partial charge in [0.2, 0.25) is 0 Å². The zero-order chi connectivity index (χ0) is 25.1. The van der Waals surface area contributed by atoms with Gasteiger partial charge in [0.05, 0.1) is 4.91 Å². The van der Waals surface area contributed by atoms with Crippen molar-refractivity contribution >= 4 is 57.2 Å². The molecule has 1 aliphatic rings. The molecule has 0 aliphatic carbocycles. The van der Waals surface area contributed by atoms with Gasteiger partial charge in [-0.2, -0.15) is 0 Å². The molecule has 8 heteroatoms. The molecule has 1 saturated heterocycles. The molecule has 6 nitrogen and oxygen atoms in total. The molecular formula is C28H22N2O4S2. The molecule has 4 aromatic rings. The fourth-order valence-electron chi connectivity index (χ4n) is 4.13. The zero-order valence-corrected chi connectivity index (χ0v) is 20.7. The first-order valence-corrected chi connectivity index (χ1v) is 12.5. The molecule has 0 radical (unpaired) electrons. The summed E-state index contributed by atoms with van der Waals surface area (Å²) in [5, 5.41) is 10.9. The quantitative estimate of drug-likeness (QED) is 0.234. The molecule has 1 fully saturated rings. The fraction of sp³-hybridized carbons (Fsp3) is 0.107. The van der Waals surface area contributed by atoms with Crippen LogP contribution >= 0.6 is 24.0 Å². The van der Waals surface area contributed by atoms with E-state index >= 15 is 0 Å². The van der Waals surface area contributed by atoms with Gasteiger partial charge in [0, 0.05) is 23.5 Å². The minimum Gasteiger partial charge on any atom is -0.489 e. The molecule has 5 rings (SSSR count). The number of para-hydroxylation sites is 1. The summed E-state index contributed by atoms with van der Waals surface area (Å²) in [4.78, 5) is 30.3. The minimum absolute atomic E-state index is 0.141. The number of benzene rings is 3. The number of nitrogens with one attached hydrogen (secondary N) is 1. The predicted molar refractivity (Wildman–Crippen MR) is 146 cm³/mol. The first-order chi connectivity index (χ1) is 17.5. The van der Waals surface area contributed by atoms with Crippen LogP contribution in [0.1, 0.15) is 16.7 Å². The first-order valence-electron chi connectivity index (χ1n) is 11.3. The van der Waals surface area contributed by atoms with Gasteiger partial charge in [0.1, 0.15) is 22.7 Å². The molecule has 0 spiro atoms. The molecule has 1 unspecified atom stereocenters. The van der Waals surface area contributed by atoms with E-state index in [1.165, 1.54) is 4.90 Å². The number of thioether (sulfide) groups is 1. The Morgan fingerprint density at radius 2 is 1.86 bits per heavy atom. The number of carboxylic acids is 1. The average Bonchev–Trinajstić information content (AvgIpc) is 3.42. The third-order valence-corrected chi connectivity index (χ3v) is 7.24. The molecule has 180 valence electrons. The van der Waals surface area contributed by atoms with Crippen LogP contribution in [0.15, 0.2) is 90.0 Å². The van der Waals surface area contributed by atoms with Gasteiger partial charge in [-0.25, -0.2) is 4.79 Å². The number of thiocarbonyl (C=S) groups is 1. The second-order valence-electron chi connectivity index (χ2n) is 8.32. The van der Waals surface area contributed by atoms with E-state index in [1.807, 2.05) is 78.9 Å². The normalized spacial score (nSPS) is 15.6. The largest absolute Gasteiger partial charge is 0.489 e. The van der Waals surface area contributed by atoms with Crippen molar-refractivity contribution < 1.29 is 19.4 Å². The van der Waals surface area contributed by atoms with Crippen molar-refractivity contribution in [2.24, 2.45) is 0 Å². The number of ether oxygens (including phenoxy) is 1. The van der Waals surface area contributed by atoms with E-state index in [2.05, 4.69) is 4.98 Å². The summed E-state index contributed by atoms with van der Waals surface area (Å²) in [6.07, 6.45) is 3.65. The number of carbonyl (C=O) groups is 2. The van der Waals surface area contributed by atoms with Gasteiger partial charge in [-0.05, 0) is 41.0 Å². The van der Waals surface area contributed by atoms with Gasteiger partial charge in [-0.3, -0.25) is 9.69 Å². The van der Waals surface area contributed by atoms with Gasteiger partial charge < -0.3 is 14.8 Å². The van der Waals surface area contributed by atoms with Crippen LogP contribution in [0.2, 0.25) is 0 Å². The fourth-order valence-corrected chi connectivity index (χ4v) is 5.49. The smallest absolute Gasteiger partial charge is 0.327 e. The molecule has 2 N–H and O–H groups in total. The van der Waals surface area contributed by atoms with Gasteiger partial charge in [-0.1, -0.05) is 84.6 Å². The summed E-state index contributed by atoms with van der Waals surface area (Å²) < 4.78 is 6.12. The van der Waals surface area contributed by atoms with Crippen molar-refractivity contribution in [3.63, 3.8) is 0 Å². The van der Waals surface area contributed by atoms with Crippen LogP contribution in [0.4, 0.5) is 0 Å². The van der Waals surface area contributed by atoms with Crippen LogP contribution in [0.25, 0.3) is 17.0 Å². The molecule has 1 aliphatic heterocycles. The van der Waals surface area contributed by atoms with E-state index in [1.54, 1.807) is 12.3 Å². The highest BCUT2D eigenvalue weighted by molar-refractivity contribution is 8.26. The summed E-state index contributed by atoms with van der Waals surface area (Å²) in [5.74, 6) is -0.840. The molecular weight excluding hydrogens is 492 g/mol. The van der Waals surface area contributed by atoms with Gasteiger partial charge >= 0.3 is 5.97 Å². The Morgan fingerprint density at radius 1 is 1.08 bits per heavy atom. The molecule has 1 aromatic heterocycles. The van der Waals surface area contributed by atoms with E-state index in [0.717, 1.165) is 39.4 Å². The second-order valence-corrected chi connectivity index (χ2v) is 9.99. The number of nitrogens with zero attached hydrogens (tertiary/aromatic N) is 1. The number of carbonyl (C=O) groups excluding carboxylic acids is 1. The number of H-pyrrole nitrogens is 1. The van der Waals surface area contributed by atoms with Crippen LogP contribution in [0.3, 0.4) is 0 Å². The Morgan fingerprint density at radius 3 is 2.67 bits per heavy atom. The van der Waals surface area contributed by atoms with Gasteiger partial charge in [-0.15, -0.1) is 0 Å². The van der Waals surface area contributed by atoms with Crippen LogP contribution in [-0.2, 0) is 22.6 Å². The van der Waals surface area contributed by atoms with E-state index in [0.29, 0.717) is 17.3 Å². The second kappa shape index (κ2) is 10.4. The topological polar surface area (TPSA) is 82.6 Å². The molecule has 1 atom stereocenters. The Hall–Kier alpha value is -3.88. The SMILES string of the molecule is O=C(O)C(Cc1c[nH]c2ccccc12)N1C(=O)/C(=C/c2cccc(OCc3ccccc3)c2)SC1=S. The third-order valence-electron chi connectivity index (χ3n) is 5.91. The highest BCUT2D eigenvalue weighted by atomic mass is 32.2. The van der Waals surface area contributed by atoms with Crippen LogP contribution in [-0.4, -0.2) is 37.2 Å². The highest BCUT2D eigenvalue weighted by Gasteiger charge is 2.40. The summed E-state index contributed by atoms with van der Waals surface area (Å²) >= 11 is 6.56. The standard InChI is InChI=1S/C28H22N2O4S2/c31-26-25(14-19-9-6-10-21(13-19)34-17-18-7-2-1-3-8-18)36-28(35)30(26)24(27(32)33)15-20-16-29-23-12-5-4-11-22(20)23/h1-14,16,24,29H,15,17H2,(H,32,33)/b25-14-. The lowest BCUT2D eigenvalue weighted by Gasteiger charge is -2.23. The van der Waals surface area contributed by atoms with Crippen molar-refractivity contribution in [3.8, 4) is 5.75 Å². The van der Waals surface area contributed by atoms with E-state index in [9.17, 15) is 14.7 Å². The van der Waals surface area contributed by atoms with Crippen molar-refractivity contribution in [1.82, 2.24) is 9.88 Å². The first kappa shape index (κ1) is 23.8. The maximum atomic E-state index is 13.3. The number of hydrogen-bond acceptors (Lipinski definition) is 5. The Bertz CT molecular complexity index is 1480. The molecule has 1 amide bonds. The Balaban J connectivity index is 1.34. The molecule has 3 aromatic carbocycles. The maximum absolute atomic E-state index is 13.3. The van der Waals surface area contributed by atoms with Crippen molar-refractivity contribution in [2.45, 2.75) is 19.1 Å². The molecule has 0 saturated carbocycles. The van der Waals surface area contributed by atoms with Crippen LogP contribution < -0.4 is 4.74 Å². The predicted octanol–water partition coefficient (Wildman–Crippen LogP) is 5.64. The Labute approximate surface area is 217 Å². The Kier molecular flexibility index (Phi) is 6.88. The van der Waals surface area contributed by atoms with E-state index in [-0.39, 0.29) is 10.7 Å². The summed E-state index contributed by atoms with van der Waals surface area (Å²) in [6.45, 7) is 0.431. The minimum atomic E-state index is -1.11. The molecule has 0 bridgehead atoms. The number of aromatic nitrogens is 1. The maximum Gasteiger partial charge on any atom is 0.327 e. The number of rotatable bonds is 8. The van der Waals surface area contributed by atoms with Crippen LogP contribution in [0.5, 0.6) is 5.75 Å². The van der Waals surface area contributed by atoms with Crippen molar-refractivity contribution in [1.29, 1.82) is 0 Å². The van der Waals surface area contributed by atoms with Crippen molar-refractivity contribution in [3.05, 3.63) is 107 Å². The van der Waals surface area contributed by atoms with Gasteiger partial charge in [0.25, 0.3) is 5.91 Å². The van der Waals surface area contributed by atoms with Crippen LogP contribution in [0, 0.1) is 0 Å². The number of fused-ring (bicyclic) bond motifs is 1. The number of aliphatic carboxylic acids is 1. The lowest BCUT2D eigenvalue weighted by Crippen LogP contribution is -2.45. The summed E-state index contributed by atoms with van der Waals surface area (Å²) in [5.41, 5.74) is 3.55. The third kappa shape index (κ3) is 5.05.